The summed E-state index contributed by atoms with van der Waals surface area (Å²) in [6, 6.07) is 0. The number of carboxylic acids is 1. The molecule has 0 bridgehead atoms. The van der Waals surface area contributed by atoms with Crippen LogP contribution in [0.2, 0.25) is 0 Å². The van der Waals surface area contributed by atoms with Crippen LogP contribution >= 0.6 is 0 Å². The maximum atomic E-state index is 12.4. The van der Waals surface area contributed by atoms with Crippen LogP contribution in [-0.2, 0) is 17.5 Å². The number of aromatic nitrogens is 2. The molecule has 0 aliphatic rings. The summed E-state index contributed by atoms with van der Waals surface area (Å²) in [4.78, 5) is 17.1. The Kier molecular flexibility index (Phi) is 3.43. The number of carboxylic acid groups (broad SMARTS) is 1. The summed E-state index contributed by atoms with van der Waals surface area (Å²) in [5.41, 5.74) is -2.45. The van der Waals surface area contributed by atoms with Gasteiger partial charge in [-0.05, 0) is 0 Å². The van der Waals surface area contributed by atoms with Gasteiger partial charge in [0.1, 0.15) is 12.2 Å². The summed E-state index contributed by atoms with van der Waals surface area (Å²) >= 11 is 0. The fourth-order valence-electron chi connectivity index (χ4n) is 0.990. The Morgan fingerprint density at radius 1 is 1.56 bits per heavy atom. The van der Waals surface area contributed by atoms with Crippen LogP contribution in [0.1, 0.15) is 21.9 Å². The molecule has 88 valence electrons. The van der Waals surface area contributed by atoms with Crippen molar-refractivity contribution >= 4 is 5.97 Å². The van der Waals surface area contributed by atoms with Crippen LogP contribution < -0.4 is 0 Å². The van der Waals surface area contributed by atoms with E-state index < -0.39 is 23.4 Å². The van der Waals surface area contributed by atoms with E-state index in [0.29, 0.717) is 6.20 Å². The van der Waals surface area contributed by atoms with Crippen molar-refractivity contribution in [2.75, 3.05) is 7.11 Å². The molecule has 1 N–H and O–H groups in total. The van der Waals surface area contributed by atoms with Crippen LogP contribution in [0.3, 0.4) is 0 Å². The van der Waals surface area contributed by atoms with E-state index in [4.69, 9.17) is 5.11 Å². The van der Waals surface area contributed by atoms with Gasteiger partial charge in [-0.15, -0.1) is 0 Å². The van der Waals surface area contributed by atoms with Gasteiger partial charge in [0, 0.05) is 13.3 Å². The van der Waals surface area contributed by atoms with Crippen molar-refractivity contribution in [2.45, 2.75) is 12.8 Å². The molecule has 5 nitrogen and oxygen atoms in total. The van der Waals surface area contributed by atoms with Crippen LogP contribution in [-0.4, -0.2) is 28.2 Å². The highest BCUT2D eigenvalue weighted by Gasteiger charge is 2.38. The fraction of sp³-hybridized carbons (Fsp3) is 0.375. The zero-order chi connectivity index (χ0) is 12.3. The largest absolute Gasteiger partial charge is 0.478 e. The van der Waals surface area contributed by atoms with Gasteiger partial charge in [-0.1, -0.05) is 0 Å². The van der Waals surface area contributed by atoms with E-state index in [1.54, 1.807) is 0 Å². The minimum Gasteiger partial charge on any atom is -0.478 e. The van der Waals surface area contributed by atoms with Gasteiger partial charge in [-0.3, -0.25) is 0 Å². The second-order valence-corrected chi connectivity index (χ2v) is 2.78. The molecule has 1 heterocycles. The zero-order valence-electron chi connectivity index (χ0n) is 8.08. The van der Waals surface area contributed by atoms with Crippen molar-refractivity contribution in [3.63, 3.8) is 0 Å². The maximum Gasteiger partial charge on any atom is 0.434 e. The van der Waals surface area contributed by atoms with Gasteiger partial charge in [0.25, 0.3) is 0 Å². The van der Waals surface area contributed by atoms with Gasteiger partial charge in [0.05, 0.1) is 0 Å². The predicted octanol–water partition coefficient (Wildman–Crippen LogP) is 1.34. The molecule has 8 heteroatoms. The summed E-state index contributed by atoms with van der Waals surface area (Å²) in [7, 11) is 1.27. The number of methoxy groups -OCH3 is 1. The highest BCUT2D eigenvalue weighted by molar-refractivity contribution is 5.88. The molecular weight excluding hydrogens is 229 g/mol. The standard InChI is InChI=1S/C8H7F3N2O3/c1-16-3-5-12-2-4(7(14)15)6(13-5)8(9,10)11/h2H,3H2,1H3,(H,14,15). The minimum atomic E-state index is -4.83. The van der Waals surface area contributed by atoms with E-state index in [1.807, 2.05) is 0 Å². The van der Waals surface area contributed by atoms with Crippen molar-refractivity contribution in [1.29, 1.82) is 0 Å². The Hall–Kier alpha value is -1.70. The van der Waals surface area contributed by atoms with E-state index >= 15 is 0 Å². The smallest absolute Gasteiger partial charge is 0.434 e. The molecule has 0 spiro atoms. The lowest BCUT2D eigenvalue weighted by Crippen LogP contribution is -2.17. The number of hydrogen-bond acceptors (Lipinski definition) is 4. The zero-order valence-corrected chi connectivity index (χ0v) is 8.08. The Balaban J connectivity index is 3.27. The van der Waals surface area contributed by atoms with Crippen molar-refractivity contribution in [3.8, 4) is 0 Å². The van der Waals surface area contributed by atoms with E-state index in [1.165, 1.54) is 7.11 Å². The summed E-state index contributed by atoms with van der Waals surface area (Å²) in [5.74, 6) is -1.95. The Labute approximate surface area is 87.9 Å². The van der Waals surface area contributed by atoms with Crippen LogP contribution in [0.15, 0.2) is 6.20 Å². The van der Waals surface area contributed by atoms with Crippen molar-refractivity contribution < 1.29 is 27.8 Å². The average Bonchev–Trinajstić information content (AvgIpc) is 2.16. The van der Waals surface area contributed by atoms with Crippen LogP contribution in [0, 0.1) is 0 Å². The maximum absolute atomic E-state index is 12.4. The lowest BCUT2D eigenvalue weighted by Gasteiger charge is -2.09. The topological polar surface area (TPSA) is 72.3 Å². The molecule has 1 aromatic rings. The van der Waals surface area contributed by atoms with Gasteiger partial charge in [-0.2, -0.15) is 13.2 Å². The quantitative estimate of drug-likeness (QED) is 0.857. The molecule has 0 aliphatic carbocycles. The highest BCUT2D eigenvalue weighted by Crippen LogP contribution is 2.30. The van der Waals surface area contributed by atoms with Gasteiger partial charge in [0.15, 0.2) is 11.5 Å². The first-order chi connectivity index (χ1) is 7.36. The van der Waals surface area contributed by atoms with Crippen molar-refractivity contribution in [1.82, 2.24) is 9.97 Å². The minimum absolute atomic E-state index is 0.219. The van der Waals surface area contributed by atoms with Crippen LogP contribution in [0.25, 0.3) is 0 Å². The van der Waals surface area contributed by atoms with Gasteiger partial charge in [-0.25, -0.2) is 14.8 Å². The summed E-state index contributed by atoms with van der Waals surface area (Å²) < 4.78 is 41.9. The van der Waals surface area contributed by atoms with E-state index in [9.17, 15) is 18.0 Å². The molecule has 0 saturated carbocycles. The molecule has 0 saturated heterocycles. The van der Waals surface area contributed by atoms with Gasteiger partial charge >= 0.3 is 12.1 Å². The van der Waals surface area contributed by atoms with Crippen molar-refractivity contribution in [2.24, 2.45) is 0 Å². The SMILES string of the molecule is COCc1ncc(C(=O)O)c(C(F)(F)F)n1. The summed E-state index contributed by atoms with van der Waals surface area (Å²) in [6.45, 7) is -0.219. The number of hydrogen-bond donors (Lipinski definition) is 1. The van der Waals surface area contributed by atoms with Crippen LogP contribution in [0.5, 0.6) is 0 Å². The van der Waals surface area contributed by atoms with Gasteiger partial charge < -0.3 is 9.84 Å². The molecule has 1 rings (SSSR count). The second-order valence-electron chi connectivity index (χ2n) is 2.78. The molecular formula is C8H7F3N2O3. The molecule has 0 unspecified atom stereocenters. The second kappa shape index (κ2) is 4.44. The van der Waals surface area contributed by atoms with E-state index in [-0.39, 0.29) is 12.4 Å². The van der Waals surface area contributed by atoms with Crippen molar-refractivity contribution in [3.05, 3.63) is 23.3 Å². The molecule has 0 fully saturated rings. The molecule has 0 aliphatic heterocycles. The first-order valence-corrected chi connectivity index (χ1v) is 4.01. The third kappa shape index (κ3) is 2.66. The van der Waals surface area contributed by atoms with Gasteiger partial charge in [0.2, 0.25) is 0 Å². The number of halogens is 3. The normalized spacial score (nSPS) is 11.5. The lowest BCUT2D eigenvalue weighted by molar-refractivity contribution is -0.142. The fourth-order valence-corrected chi connectivity index (χ4v) is 0.990. The first kappa shape index (κ1) is 12.4. The lowest BCUT2D eigenvalue weighted by atomic mass is 10.2. The Bertz CT molecular complexity index is 406. The molecule has 1 aromatic heterocycles. The number of rotatable bonds is 3. The number of aromatic carboxylic acids is 1. The number of nitrogens with zero attached hydrogens (tertiary/aromatic N) is 2. The van der Waals surface area contributed by atoms with E-state index in [0.717, 1.165) is 0 Å². The third-order valence-corrected chi connectivity index (χ3v) is 1.61. The summed E-state index contributed by atoms with van der Waals surface area (Å²) in [6.07, 6.45) is -4.22. The number of carbonyl (C=O) groups is 1. The Morgan fingerprint density at radius 3 is 2.62 bits per heavy atom. The molecule has 0 radical (unpaired) electrons. The van der Waals surface area contributed by atoms with Crippen LogP contribution in [0.4, 0.5) is 13.2 Å². The van der Waals surface area contributed by atoms with E-state index in [2.05, 4.69) is 14.7 Å². The molecule has 0 amide bonds. The molecule has 0 atom stereocenters. The highest BCUT2D eigenvalue weighted by atomic mass is 19.4. The predicted molar refractivity (Wildman–Crippen MR) is 44.7 cm³/mol. The third-order valence-electron chi connectivity index (χ3n) is 1.61. The first-order valence-electron chi connectivity index (χ1n) is 4.01. The average molecular weight is 236 g/mol. The monoisotopic (exact) mass is 236 g/mol. The number of ether oxygens (including phenoxy) is 1. The Morgan fingerprint density at radius 2 is 2.19 bits per heavy atom. The molecule has 0 aromatic carbocycles. The summed E-state index contributed by atoms with van der Waals surface area (Å²) in [5, 5.41) is 8.54. The molecule has 16 heavy (non-hydrogen) atoms. The number of alkyl halides is 3.